The molecule has 0 aliphatic carbocycles. The molecule has 0 unspecified atom stereocenters. The van der Waals surface area contributed by atoms with Gasteiger partial charge in [-0.15, -0.1) is 0 Å². The Labute approximate surface area is 187 Å². The Morgan fingerprint density at radius 2 is 1.71 bits per heavy atom. The van der Waals surface area contributed by atoms with Gasteiger partial charge in [0.15, 0.2) is 11.5 Å². The van der Waals surface area contributed by atoms with E-state index in [2.05, 4.69) is 49.5 Å². The molecular weight excluding hydrogens is 390 g/mol. The summed E-state index contributed by atoms with van der Waals surface area (Å²) in [6, 6.07) is 14.7. The maximum absolute atomic E-state index is 6.19. The normalized spacial score (nSPS) is 23.4. The van der Waals surface area contributed by atoms with E-state index >= 15 is 0 Å². The molecule has 31 heavy (non-hydrogen) atoms. The van der Waals surface area contributed by atoms with Gasteiger partial charge in [0.25, 0.3) is 0 Å². The van der Waals surface area contributed by atoms with E-state index in [-0.39, 0.29) is 11.0 Å². The third-order valence-electron chi connectivity index (χ3n) is 6.75. The van der Waals surface area contributed by atoms with E-state index in [0.717, 1.165) is 62.6 Å². The third kappa shape index (κ3) is 5.52. The van der Waals surface area contributed by atoms with Crippen molar-refractivity contribution in [3.63, 3.8) is 0 Å². The number of ether oxygens (including phenoxy) is 4. The molecule has 2 aromatic rings. The summed E-state index contributed by atoms with van der Waals surface area (Å²) < 4.78 is 22.3. The van der Waals surface area contributed by atoms with Crippen molar-refractivity contribution in [2.24, 2.45) is 0 Å². The summed E-state index contributed by atoms with van der Waals surface area (Å²) in [6.07, 6.45) is 4.14. The number of methoxy groups -OCH3 is 3. The summed E-state index contributed by atoms with van der Waals surface area (Å²) >= 11 is 0. The van der Waals surface area contributed by atoms with Crippen LogP contribution in [0.15, 0.2) is 42.5 Å². The van der Waals surface area contributed by atoms with Crippen LogP contribution in [0.4, 0.5) is 0 Å². The highest BCUT2D eigenvalue weighted by atomic mass is 16.5. The van der Waals surface area contributed by atoms with E-state index in [1.165, 1.54) is 11.1 Å². The lowest BCUT2D eigenvalue weighted by Crippen LogP contribution is -2.46. The van der Waals surface area contributed by atoms with Gasteiger partial charge in [0.1, 0.15) is 5.75 Å². The SMILES string of the molecule is CC[C@@]1(C)C[C@@](CCNCc2ccc(OC)c(OC)c2)(c2ccc(OC)cc2)CCO1. The van der Waals surface area contributed by atoms with Crippen LogP contribution in [-0.2, 0) is 16.7 Å². The molecule has 0 bridgehead atoms. The van der Waals surface area contributed by atoms with Crippen LogP contribution >= 0.6 is 0 Å². The first-order valence-corrected chi connectivity index (χ1v) is 11.2. The Morgan fingerprint density at radius 1 is 0.968 bits per heavy atom. The summed E-state index contributed by atoms with van der Waals surface area (Å²) in [5.74, 6) is 2.42. The molecule has 1 N–H and O–H groups in total. The van der Waals surface area contributed by atoms with Crippen LogP contribution in [-0.4, -0.2) is 40.1 Å². The molecule has 170 valence electrons. The van der Waals surface area contributed by atoms with Crippen LogP contribution in [0.3, 0.4) is 0 Å². The zero-order chi connectivity index (χ0) is 22.3. The molecule has 3 rings (SSSR count). The molecule has 0 amide bonds. The molecular formula is C26H37NO4. The maximum atomic E-state index is 6.19. The molecule has 5 nitrogen and oxygen atoms in total. The topological polar surface area (TPSA) is 49.0 Å². The van der Waals surface area contributed by atoms with E-state index in [1.807, 2.05) is 12.1 Å². The average molecular weight is 428 g/mol. The zero-order valence-corrected chi connectivity index (χ0v) is 19.6. The van der Waals surface area contributed by atoms with Gasteiger partial charge in [0.2, 0.25) is 0 Å². The Balaban J connectivity index is 1.70. The van der Waals surface area contributed by atoms with Crippen LogP contribution in [0.5, 0.6) is 17.2 Å². The van der Waals surface area contributed by atoms with Crippen LogP contribution in [0.2, 0.25) is 0 Å². The van der Waals surface area contributed by atoms with Crippen molar-refractivity contribution in [2.45, 2.75) is 57.1 Å². The number of hydrogen-bond acceptors (Lipinski definition) is 5. The minimum Gasteiger partial charge on any atom is -0.497 e. The lowest BCUT2D eigenvalue weighted by atomic mass is 9.66. The van der Waals surface area contributed by atoms with Crippen molar-refractivity contribution in [3.8, 4) is 17.2 Å². The van der Waals surface area contributed by atoms with Crippen LogP contribution < -0.4 is 19.5 Å². The van der Waals surface area contributed by atoms with Gasteiger partial charge in [0, 0.05) is 18.6 Å². The van der Waals surface area contributed by atoms with Gasteiger partial charge in [0.05, 0.1) is 26.9 Å². The maximum Gasteiger partial charge on any atom is 0.161 e. The van der Waals surface area contributed by atoms with E-state index in [1.54, 1.807) is 21.3 Å². The smallest absolute Gasteiger partial charge is 0.161 e. The molecule has 1 aliphatic heterocycles. The predicted molar refractivity (Wildman–Crippen MR) is 124 cm³/mol. The third-order valence-corrected chi connectivity index (χ3v) is 6.75. The minimum atomic E-state index is -0.0818. The van der Waals surface area contributed by atoms with Crippen molar-refractivity contribution in [3.05, 3.63) is 53.6 Å². The van der Waals surface area contributed by atoms with Gasteiger partial charge in [-0.1, -0.05) is 25.1 Å². The van der Waals surface area contributed by atoms with Crippen LogP contribution in [0.25, 0.3) is 0 Å². The Hall–Kier alpha value is -2.24. The molecule has 2 atom stereocenters. The van der Waals surface area contributed by atoms with Gasteiger partial charge in [-0.3, -0.25) is 0 Å². The highest BCUT2D eigenvalue weighted by Crippen LogP contribution is 2.45. The second-order valence-corrected chi connectivity index (χ2v) is 8.70. The van der Waals surface area contributed by atoms with Crippen LogP contribution in [0.1, 0.15) is 50.7 Å². The van der Waals surface area contributed by atoms with Crippen molar-refractivity contribution < 1.29 is 18.9 Å². The van der Waals surface area contributed by atoms with Crippen LogP contribution in [0, 0.1) is 0 Å². The number of hydrogen-bond donors (Lipinski definition) is 1. The molecule has 1 fully saturated rings. The molecule has 0 spiro atoms. The minimum absolute atomic E-state index is 0.0818. The summed E-state index contributed by atoms with van der Waals surface area (Å²) in [5, 5.41) is 3.64. The quantitative estimate of drug-likeness (QED) is 0.534. The van der Waals surface area contributed by atoms with Crippen molar-refractivity contribution in [1.82, 2.24) is 5.32 Å². The lowest BCUT2D eigenvalue weighted by molar-refractivity contribution is -0.0979. The number of benzene rings is 2. The fourth-order valence-electron chi connectivity index (χ4n) is 4.67. The van der Waals surface area contributed by atoms with E-state index in [0.29, 0.717) is 0 Å². The first-order chi connectivity index (χ1) is 15.0. The standard InChI is InChI=1S/C26H37NO4/c1-6-25(2)19-26(14-16-31-25,21-8-10-22(28-3)11-9-21)13-15-27-18-20-7-12-23(29-4)24(17-20)30-5/h7-12,17,27H,6,13-16,18-19H2,1-5H3/t25-,26-/m0/s1. The molecule has 5 heteroatoms. The number of rotatable bonds is 10. The summed E-state index contributed by atoms with van der Waals surface area (Å²) in [4.78, 5) is 0. The van der Waals surface area contributed by atoms with Gasteiger partial charge in [-0.2, -0.15) is 0 Å². The number of nitrogens with one attached hydrogen (secondary N) is 1. The second kappa shape index (κ2) is 10.4. The molecule has 0 saturated carbocycles. The van der Waals surface area contributed by atoms with E-state index in [4.69, 9.17) is 18.9 Å². The average Bonchev–Trinajstić information content (AvgIpc) is 2.81. The molecule has 0 radical (unpaired) electrons. The summed E-state index contributed by atoms with van der Waals surface area (Å²) in [7, 11) is 5.04. The van der Waals surface area contributed by atoms with Gasteiger partial charge in [-0.05, 0) is 74.5 Å². The fourth-order valence-corrected chi connectivity index (χ4v) is 4.67. The summed E-state index contributed by atoms with van der Waals surface area (Å²) in [5.41, 5.74) is 2.58. The monoisotopic (exact) mass is 427 g/mol. The molecule has 0 aromatic heterocycles. The van der Waals surface area contributed by atoms with Crippen molar-refractivity contribution in [2.75, 3.05) is 34.5 Å². The summed E-state index contributed by atoms with van der Waals surface area (Å²) in [6.45, 7) is 6.99. The first-order valence-electron chi connectivity index (χ1n) is 11.2. The first kappa shape index (κ1) is 23.4. The molecule has 1 heterocycles. The predicted octanol–water partition coefficient (Wildman–Crippen LogP) is 5.11. The Kier molecular flexibility index (Phi) is 7.84. The second-order valence-electron chi connectivity index (χ2n) is 8.70. The Morgan fingerprint density at radius 3 is 2.35 bits per heavy atom. The Bertz CT molecular complexity index is 838. The fraction of sp³-hybridized carbons (Fsp3) is 0.538. The van der Waals surface area contributed by atoms with Gasteiger partial charge < -0.3 is 24.3 Å². The van der Waals surface area contributed by atoms with Crippen molar-refractivity contribution >= 4 is 0 Å². The zero-order valence-electron chi connectivity index (χ0n) is 19.6. The highest BCUT2D eigenvalue weighted by Gasteiger charge is 2.43. The van der Waals surface area contributed by atoms with E-state index < -0.39 is 0 Å². The largest absolute Gasteiger partial charge is 0.497 e. The molecule has 1 aliphatic rings. The van der Waals surface area contributed by atoms with Crippen molar-refractivity contribution in [1.29, 1.82) is 0 Å². The van der Waals surface area contributed by atoms with Gasteiger partial charge >= 0.3 is 0 Å². The highest BCUT2D eigenvalue weighted by molar-refractivity contribution is 5.42. The molecule has 2 aromatic carbocycles. The van der Waals surface area contributed by atoms with E-state index in [9.17, 15) is 0 Å². The lowest BCUT2D eigenvalue weighted by Gasteiger charge is -2.47. The van der Waals surface area contributed by atoms with Gasteiger partial charge in [-0.25, -0.2) is 0 Å². The molecule has 1 saturated heterocycles.